The van der Waals surface area contributed by atoms with Gasteiger partial charge in [-0.05, 0) is 29.2 Å². The number of carbonyl (C=O) groups is 2. The van der Waals surface area contributed by atoms with E-state index in [9.17, 15) is 9.59 Å². The molecule has 2 aromatic rings. The number of aromatic nitrogens is 2. The highest BCUT2D eigenvalue weighted by Crippen LogP contribution is 2.11. The van der Waals surface area contributed by atoms with Crippen LogP contribution in [0.1, 0.15) is 16.1 Å². The van der Waals surface area contributed by atoms with Crippen LogP contribution in [0.5, 0.6) is 0 Å². The number of benzene rings is 1. The largest absolute Gasteiger partial charge is 0.465 e. The molecule has 0 unspecified atom stereocenters. The van der Waals surface area contributed by atoms with Crippen molar-refractivity contribution in [1.82, 2.24) is 14.9 Å². The summed E-state index contributed by atoms with van der Waals surface area (Å²) in [5, 5.41) is 18.6. The van der Waals surface area contributed by atoms with E-state index in [-0.39, 0.29) is 18.1 Å². The van der Waals surface area contributed by atoms with Crippen LogP contribution in [-0.4, -0.2) is 26.7 Å². The molecule has 8 heteroatoms. The molecule has 1 aromatic carbocycles. The van der Waals surface area contributed by atoms with Crippen LogP contribution in [0.25, 0.3) is 0 Å². The number of carbonyl (C=O) groups excluding carboxylic acids is 1. The van der Waals surface area contributed by atoms with E-state index in [1.54, 1.807) is 29.6 Å². The van der Waals surface area contributed by atoms with Crippen molar-refractivity contribution < 1.29 is 14.7 Å². The van der Waals surface area contributed by atoms with Gasteiger partial charge in [-0.1, -0.05) is 16.6 Å². The lowest BCUT2D eigenvalue weighted by molar-refractivity contribution is 0.102. The number of amides is 2. The summed E-state index contributed by atoms with van der Waals surface area (Å²) in [5.41, 5.74) is 1.68. The minimum atomic E-state index is -1.08. The first-order chi connectivity index (χ1) is 9.15. The summed E-state index contributed by atoms with van der Waals surface area (Å²) in [6.07, 6.45) is -1.08. The van der Waals surface area contributed by atoms with E-state index in [1.807, 2.05) is 0 Å². The third kappa shape index (κ3) is 3.75. The molecule has 0 spiro atoms. The van der Waals surface area contributed by atoms with Crippen molar-refractivity contribution in [3.63, 3.8) is 0 Å². The number of nitrogens with one attached hydrogen (secondary N) is 2. The minimum absolute atomic E-state index is 0.222. The summed E-state index contributed by atoms with van der Waals surface area (Å²) >= 11 is 1.10. The molecule has 2 amide bonds. The van der Waals surface area contributed by atoms with Crippen molar-refractivity contribution in [2.75, 3.05) is 5.32 Å². The summed E-state index contributed by atoms with van der Waals surface area (Å²) in [4.78, 5) is 22.0. The molecule has 0 radical (unpaired) electrons. The van der Waals surface area contributed by atoms with Crippen molar-refractivity contribution in [1.29, 1.82) is 0 Å². The van der Waals surface area contributed by atoms with Crippen LogP contribution in [-0.2, 0) is 6.54 Å². The number of carboxylic acid groups (broad SMARTS) is 1. The first-order valence-electron chi connectivity index (χ1n) is 5.29. The molecule has 0 bridgehead atoms. The van der Waals surface area contributed by atoms with E-state index in [1.165, 1.54) is 0 Å². The van der Waals surface area contributed by atoms with Crippen molar-refractivity contribution >= 4 is 29.2 Å². The highest BCUT2D eigenvalue weighted by Gasteiger charge is 2.08. The Hall–Kier alpha value is -2.48. The predicted octanol–water partition coefficient (Wildman–Crippen LogP) is 1.56. The highest BCUT2D eigenvalue weighted by atomic mass is 32.1. The second kappa shape index (κ2) is 5.91. The Labute approximate surface area is 112 Å². The smallest absolute Gasteiger partial charge is 0.404 e. The zero-order valence-corrected chi connectivity index (χ0v) is 10.5. The lowest BCUT2D eigenvalue weighted by atomic mass is 10.2. The molecular weight excluding hydrogens is 268 g/mol. The summed E-state index contributed by atoms with van der Waals surface area (Å²) < 4.78 is 3.61. The fourth-order valence-corrected chi connectivity index (χ4v) is 1.78. The molecule has 7 nitrogen and oxygen atoms in total. The average Bonchev–Trinajstić information content (AvgIpc) is 2.92. The molecule has 0 aliphatic heterocycles. The van der Waals surface area contributed by atoms with Gasteiger partial charge in [-0.25, -0.2) is 4.79 Å². The van der Waals surface area contributed by atoms with E-state index < -0.39 is 6.09 Å². The number of hydrogen-bond donors (Lipinski definition) is 3. The first-order valence-corrected chi connectivity index (χ1v) is 6.13. The third-order valence-corrected chi connectivity index (χ3v) is 2.75. The molecule has 19 heavy (non-hydrogen) atoms. The molecule has 0 saturated heterocycles. The zero-order chi connectivity index (χ0) is 13.7. The van der Waals surface area contributed by atoms with Crippen LogP contribution < -0.4 is 10.6 Å². The predicted molar refractivity (Wildman–Crippen MR) is 69.2 cm³/mol. The van der Waals surface area contributed by atoms with Gasteiger partial charge in [0.2, 0.25) is 0 Å². The van der Waals surface area contributed by atoms with Crippen molar-refractivity contribution in [2.24, 2.45) is 0 Å². The van der Waals surface area contributed by atoms with Crippen LogP contribution in [0.15, 0.2) is 29.6 Å². The number of anilines is 1. The van der Waals surface area contributed by atoms with Gasteiger partial charge < -0.3 is 15.7 Å². The lowest BCUT2D eigenvalue weighted by Gasteiger charge is -2.05. The number of hydrogen-bond acceptors (Lipinski definition) is 5. The number of rotatable bonds is 4. The number of nitrogens with zero attached hydrogens (tertiary/aromatic N) is 2. The molecule has 1 aromatic heterocycles. The van der Waals surface area contributed by atoms with Gasteiger partial charge in [0.25, 0.3) is 5.91 Å². The molecule has 1 heterocycles. The third-order valence-electron chi connectivity index (χ3n) is 2.25. The Morgan fingerprint density at radius 2 is 2.00 bits per heavy atom. The van der Waals surface area contributed by atoms with Crippen molar-refractivity contribution in [3.05, 3.63) is 40.9 Å². The van der Waals surface area contributed by atoms with Crippen LogP contribution in [0.4, 0.5) is 10.5 Å². The van der Waals surface area contributed by atoms with Gasteiger partial charge in [-0.2, -0.15) is 0 Å². The second-order valence-corrected chi connectivity index (χ2v) is 4.21. The normalized spacial score (nSPS) is 9.89. The maximum Gasteiger partial charge on any atom is 0.404 e. The maximum absolute atomic E-state index is 11.7. The molecule has 0 fully saturated rings. The van der Waals surface area contributed by atoms with Crippen LogP contribution >= 0.6 is 11.5 Å². The molecule has 2 rings (SSSR count). The first kappa shape index (κ1) is 13.0. The fraction of sp³-hybridized carbons (Fsp3) is 0.0909. The van der Waals surface area contributed by atoms with E-state index in [2.05, 4.69) is 20.2 Å². The Balaban J connectivity index is 1.95. The van der Waals surface area contributed by atoms with Crippen LogP contribution in [0.3, 0.4) is 0 Å². The van der Waals surface area contributed by atoms with Crippen molar-refractivity contribution in [2.45, 2.75) is 6.54 Å². The van der Waals surface area contributed by atoms with E-state index in [0.717, 1.165) is 17.1 Å². The molecule has 0 aliphatic carbocycles. The summed E-state index contributed by atoms with van der Waals surface area (Å²) in [6, 6.07) is 6.84. The van der Waals surface area contributed by atoms with Gasteiger partial charge in [0, 0.05) is 17.6 Å². The highest BCUT2D eigenvalue weighted by molar-refractivity contribution is 7.03. The Kier molecular flexibility index (Phi) is 4.04. The molecule has 3 N–H and O–H groups in total. The van der Waals surface area contributed by atoms with E-state index in [4.69, 9.17) is 5.11 Å². The zero-order valence-electron chi connectivity index (χ0n) is 9.66. The molecule has 0 aliphatic rings. The fourth-order valence-electron chi connectivity index (χ4n) is 1.34. The average molecular weight is 278 g/mol. The van der Waals surface area contributed by atoms with Crippen LogP contribution in [0, 0.1) is 0 Å². The van der Waals surface area contributed by atoms with E-state index in [0.29, 0.717) is 5.69 Å². The Morgan fingerprint density at radius 1 is 1.26 bits per heavy atom. The van der Waals surface area contributed by atoms with E-state index >= 15 is 0 Å². The minimum Gasteiger partial charge on any atom is -0.465 e. The Bertz CT molecular complexity index is 568. The standard InChI is InChI=1S/C11H10N4O3S/c16-10(9-6-19-15-14-9)13-8-3-1-7(2-4-8)5-12-11(17)18/h1-4,6,12H,5H2,(H,13,16)(H,17,18). The van der Waals surface area contributed by atoms with Gasteiger partial charge in [0.05, 0.1) is 0 Å². The summed E-state index contributed by atoms with van der Waals surface area (Å²) in [5.74, 6) is -0.329. The molecule has 98 valence electrons. The van der Waals surface area contributed by atoms with Gasteiger partial charge in [0.15, 0.2) is 5.69 Å². The maximum atomic E-state index is 11.7. The van der Waals surface area contributed by atoms with Gasteiger partial charge in [0.1, 0.15) is 0 Å². The van der Waals surface area contributed by atoms with Crippen molar-refractivity contribution in [3.8, 4) is 0 Å². The Morgan fingerprint density at radius 3 is 2.58 bits per heavy atom. The van der Waals surface area contributed by atoms with Gasteiger partial charge in [-0.3, -0.25) is 4.79 Å². The molecule has 0 atom stereocenters. The quantitative estimate of drug-likeness (QED) is 0.787. The summed E-state index contributed by atoms with van der Waals surface area (Å²) in [7, 11) is 0. The monoisotopic (exact) mass is 278 g/mol. The lowest BCUT2D eigenvalue weighted by Crippen LogP contribution is -2.19. The van der Waals surface area contributed by atoms with Crippen LogP contribution in [0.2, 0.25) is 0 Å². The summed E-state index contributed by atoms with van der Waals surface area (Å²) in [6.45, 7) is 0.222. The van der Waals surface area contributed by atoms with Gasteiger partial charge in [-0.15, -0.1) is 5.10 Å². The SMILES string of the molecule is O=C(O)NCc1ccc(NC(=O)c2csnn2)cc1. The second-order valence-electron chi connectivity index (χ2n) is 3.60. The van der Waals surface area contributed by atoms with Gasteiger partial charge >= 0.3 is 6.09 Å². The molecular formula is C11H10N4O3S. The topological polar surface area (TPSA) is 104 Å². The molecule has 0 saturated carbocycles.